The summed E-state index contributed by atoms with van der Waals surface area (Å²) in [5.41, 5.74) is 7.70. The second kappa shape index (κ2) is 8.43. The first-order chi connectivity index (χ1) is 9.78. The number of benzene rings is 1. The van der Waals surface area contributed by atoms with Gasteiger partial charge in [0.2, 0.25) is 0 Å². The van der Waals surface area contributed by atoms with E-state index in [0.717, 1.165) is 12.5 Å². The summed E-state index contributed by atoms with van der Waals surface area (Å²) in [6, 6.07) is 11.3. The fourth-order valence-electron chi connectivity index (χ4n) is 3.21. The molecule has 112 valence electrons. The van der Waals surface area contributed by atoms with Crippen LogP contribution in [0, 0.1) is 5.92 Å². The first-order valence-electron chi connectivity index (χ1n) is 8.29. The molecule has 1 aliphatic rings. The Bertz CT molecular complexity index is 355. The van der Waals surface area contributed by atoms with E-state index in [2.05, 4.69) is 42.2 Å². The SMILES string of the molecule is CCCCC(N)CN1CCC(Cc2ccccc2)CC1. The zero-order valence-electron chi connectivity index (χ0n) is 12.9. The molecule has 1 aliphatic heterocycles. The highest BCUT2D eigenvalue weighted by Crippen LogP contribution is 2.21. The summed E-state index contributed by atoms with van der Waals surface area (Å²) in [7, 11) is 0. The lowest BCUT2D eigenvalue weighted by atomic mass is 9.90. The molecule has 0 aliphatic carbocycles. The minimum Gasteiger partial charge on any atom is -0.327 e. The number of unbranched alkanes of at least 4 members (excludes halogenated alkanes) is 1. The van der Waals surface area contributed by atoms with Crippen LogP contribution >= 0.6 is 0 Å². The molecule has 0 spiro atoms. The number of rotatable bonds is 7. The van der Waals surface area contributed by atoms with Gasteiger partial charge in [0, 0.05) is 12.6 Å². The van der Waals surface area contributed by atoms with Gasteiger partial charge in [0.25, 0.3) is 0 Å². The van der Waals surface area contributed by atoms with Gasteiger partial charge in [0.1, 0.15) is 0 Å². The highest BCUT2D eigenvalue weighted by atomic mass is 15.1. The Morgan fingerprint density at radius 3 is 2.55 bits per heavy atom. The zero-order valence-corrected chi connectivity index (χ0v) is 12.9. The van der Waals surface area contributed by atoms with Crippen molar-refractivity contribution in [2.24, 2.45) is 11.7 Å². The summed E-state index contributed by atoms with van der Waals surface area (Å²) in [6.45, 7) is 5.80. The van der Waals surface area contributed by atoms with Gasteiger partial charge >= 0.3 is 0 Å². The molecular formula is C18H30N2. The van der Waals surface area contributed by atoms with E-state index in [-0.39, 0.29) is 0 Å². The lowest BCUT2D eigenvalue weighted by Crippen LogP contribution is -2.42. The Kier molecular flexibility index (Phi) is 6.55. The van der Waals surface area contributed by atoms with Crippen LogP contribution in [0.25, 0.3) is 0 Å². The van der Waals surface area contributed by atoms with Crippen LogP contribution in [0.4, 0.5) is 0 Å². The molecule has 0 bridgehead atoms. The van der Waals surface area contributed by atoms with Gasteiger partial charge in [-0.15, -0.1) is 0 Å². The van der Waals surface area contributed by atoms with Crippen LogP contribution in [0.3, 0.4) is 0 Å². The minimum atomic E-state index is 0.376. The third-order valence-corrected chi connectivity index (χ3v) is 4.50. The van der Waals surface area contributed by atoms with Crippen LogP contribution in [0.15, 0.2) is 30.3 Å². The van der Waals surface area contributed by atoms with Crippen molar-refractivity contribution in [1.29, 1.82) is 0 Å². The van der Waals surface area contributed by atoms with Gasteiger partial charge < -0.3 is 10.6 Å². The lowest BCUT2D eigenvalue weighted by Gasteiger charge is -2.33. The van der Waals surface area contributed by atoms with E-state index in [1.807, 2.05) is 0 Å². The molecule has 0 saturated carbocycles. The van der Waals surface area contributed by atoms with Crippen molar-refractivity contribution in [2.75, 3.05) is 19.6 Å². The Morgan fingerprint density at radius 2 is 1.90 bits per heavy atom. The predicted molar refractivity (Wildman–Crippen MR) is 86.8 cm³/mol. The van der Waals surface area contributed by atoms with Crippen LogP contribution in [0.1, 0.15) is 44.6 Å². The molecule has 1 saturated heterocycles. The molecular weight excluding hydrogens is 244 g/mol. The molecule has 2 rings (SSSR count). The summed E-state index contributed by atoms with van der Waals surface area (Å²) < 4.78 is 0. The first kappa shape index (κ1) is 15.5. The van der Waals surface area contributed by atoms with Crippen molar-refractivity contribution in [3.63, 3.8) is 0 Å². The number of likely N-dealkylation sites (tertiary alicyclic amines) is 1. The van der Waals surface area contributed by atoms with Crippen molar-refractivity contribution in [3.8, 4) is 0 Å². The van der Waals surface area contributed by atoms with Gasteiger partial charge in [-0.25, -0.2) is 0 Å². The molecule has 1 atom stereocenters. The minimum absolute atomic E-state index is 0.376. The standard InChI is InChI=1S/C18H30N2/c1-2-3-9-18(19)15-20-12-10-17(11-13-20)14-16-7-5-4-6-8-16/h4-8,17-18H,2-3,9-15,19H2,1H3. The van der Waals surface area contributed by atoms with E-state index >= 15 is 0 Å². The molecule has 2 nitrogen and oxygen atoms in total. The molecule has 2 heteroatoms. The Morgan fingerprint density at radius 1 is 1.20 bits per heavy atom. The Balaban J connectivity index is 1.67. The normalized spacial score (nSPS) is 19.1. The molecule has 0 amide bonds. The van der Waals surface area contributed by atoms with Gasteiger partial charge in [-0.2, -0.15) is 0 Å². The number of nitrogens with two attached hydrogens (primary N) is 1. The summed E-state index contributed by atoms with van der Waals surface area (Å²) in [4.78, 5) is 2.57. The lowest BCUT2D eigenvalue weighted by molar-refractivity contribution is 0.172. The smallest absolute Gasteiger partial charge is 0.0167 e. The fourth-order valence-corrected chi connectivity index (χ4v) is 3.21. The zero-order chi connectivity index (χ0) is 14.2. The van der Waals surface area contributed by atoms with Gasteiger partial charge in [-0.05, 0) is 50.3 Å². The van der Waals surface area contributed by atoms with E-state index in [0.29, 0.717) is 6.04 Å². The Labute approximate surface area is 124 Å². The van der Waals surface area contributed by atoms with E-state index in [1.165, 1.54) is 57.2 Å². The molecule has 0 radical (unpaired) electrons. The summed E-state index contributed by atoms with van der Waals surface area (Å²) >= 11 is 0. The van der Waals surface area contributed by atoms with Crippen LogP contribution in [0.2, 0.25) is 0 Å². The van der Waals surface area contributed by atoms with Crippen molar-refractivity contribution in [1.82, 2.24) is 4.90 Å². The first-order valence-corrected chi connectivity index (χ1v) is 8.29. The number of nitrogens with zero attached hydrogens (tertiary/aromatic N) is 1. The fraction of sp³-hybridized carbons (Fsp3) is 0.667. The largest absolute Gasteiger partial charge is 0.327 e. The third kappa shape index (κ3) is 5.26. The summed E-state index contributed by atoms with van der Waals surface area (Å²) in [5, 5.41) is 0. The third-order valence-electron chi connectivity index (χ3n) is 4.50. The van der Waals surface area contributed by atoms with Crippen LogP contribution in [0.5, 0.6) is 0 Å². The van der Waals surface area contributed by atoms with Crippen molar-refractivity contribution in [3.05, 3.63) is 35.9 Å². The van der Waals surface area contributed by atoms with Gasteiger partial charge in [-0.1, -0.05) is 50.1 Å². The van der Waals surface area contributed by atoms with E-state index < -0.39 is 0 Å². The summed E-state index contributed by atoms with van der Waals surface area (Å²) in [5.74, 6) is 0.862. The van der Waals surface area contributed by atoms with E-state index in [1.54, 1.807) is 0 Å². The number of hydrogen-bond acceptors (Lipinski definition) is 2. The monoisotopic (exact) mass is 274 g/mol. The average Bonchev–Trinajstić information content (AvgIpc) is 2.48. The molecule has 1 heterocycles. The van der Waals surface area contributed by atoms with E-state index in [4.69, 9.17) is 5.73 Å². The van der Waals surface area contributed by atoms with E-state index in [9.17, 15) is 0 Å². The molecule has 1 aromatic rings. The van der Waals surface area contributed by atoms with Crippen LogP contribution in [-0.2, 0) is 6.42 Å². The molecule has 0 aromatic heterocycles. The van der Waals surface area contributed by atoms with Crippen molar-refractivity contribution < 1.29 is 0 Å². The highest BCUT2D eigenvalue weighted by molar-refractivity contribution is 5.15. The van der Waals surface area contributed by atoms with Gasteiger partial charge in [-0.3, -0.25) is 0 Å². The van der Waals surface area contributed by atoms with Gasteiger partial charge in [0.15, 0.2) is 0 Å². The highest BCUT2D eigenvalue weighted by Gasteiger charge is 2.20. The maximum atomic E-state index is 6.21. The second-order valence-electron chi connectivity index (χ2n) is 6.34. The van der Waals surface area contributed by atoms with Crippen molar-refractivity contribution in [2.45, 2.75) is 51.5 Å². The van der Waals surface area contributed by atoms with Gasteiger partial charge in [0.05, 0.1) is 0 Å². The second-order valence-corrected chi connectivity index (χ2v) is 6.34. The predicted octanol–water partition coefficient (Wildman–Crippen LogP) is 3.46. The Hall–Kier alpha value is -0.860. The molecule has 1 aromatic carbocycles. The molecule has 1 unspecified atom stereocenters. The number of hydrogen-bond donors (Lipinski definition) is 1. The van der Waals surface area contributed by atoms with Crippen LogP contribution in [-0.4, -0.2) is 30.6 Å². The number of piperidine rings is 1. The molecule has 2 N–H and O–H groups in total. The summed E-state index contributed by atoms with van der Waals surface area (Å²) in [6.07, 6.45) is 7.61. The molecule has 1 fully saturated rings. The maximum Gasteiger partial charge on any atom is 0.0167 e. The van der Waals surface area contributed by atoms with Crippen LogP contribution < -0.4 is 5.73 Å². The van der Waals surface area contributed by atoms with Crippen molar-refractivity contribution >= 4 is 0 Å². The topological polar surface area (TPSA) is 29.3 Å². The average molecular weight is 274 g/mol. The quantitative estimate of drug-likeness (QED) is 0.825. The maximum absolute atomic E-state index is 6.21. The molecule has 20 heavy (non-hydrogen) atoms.